The van der Waals surface area contributed by atoms with Crippen LogP contribution >= 0.6 is 35.7 Å². The van der Waals surface area contributed by atoms with E-state index in [4.69, 9.17) is 11.5 Å². The highest BCUT2D eigenvalue weighted by molar-refractivity contribution is 14.0. The van der Waals surface area contributed by atoms with E-state index >= 15 is 0 Å². The fourth-order valence-corrected chi connectivity index (χ4v) is 4.18. The second-order valence-electron chi connectivity index (χ2n) is 6.42. The Kier molecular flexibility index (Phi) is 8.26. The zero-order valence-electron chi connectivity index (χ0n) is 14.8. The van der Waals surface area contributed by atoms with Crippen molar-refractivity contribution in [3.63, 3.8) is 0 Å². The van der Waals surface area contributed by atoms with E-state index in [0.29, 0.717) is 12.5 Å². The summed E-state index contributed by atoms with van der Waals surface area (Å²) in [5.74, 6) is 3.54. The minimum atomic E-state index is -0.196. The highest BCUT2D eigenvalue weighted by Crippen LogP contribution is 2.25. The third-order valence-electron chi connectivity index (χ3n) is 4.81. The van der Waals surface area contributed by atoms with Crippen LogP contribution in [0.2, 0.25) is 0 Å². The maximum Gasteiger partial charge on any atom is 0.220 e. The lowest BCUT2D eigenvalue weighted by Crippen LogP contribution is -2.42. The number of piperidine rings is 1. The van der Waals surface area contributed by atoms with E-state index in [0.717, 1.165) is 61.9 Å². The molecule has 9 heteroatoms. The number of aliphatic imine (C=N–C) groups is 1. The first kappa shape index (κ1) is 21.1. The highest BCUT2D eigenvalue weighted by Gasteiger charge is 2.25. The number of carbonyl (C=O) groups is 1. The first-order valence-corrected chi connectivity index (χ1v) is 9.91. The standard InChI is InChI=1S/C17H26N6OS.HI/c18-15(24)13-3-6-22(7-4-13)16-14(2-1-5-20-16)12-21-17(19)23-8-10-25-11-9-23;/h1-2,5,13H,3-4,6-12H2,(H2,18,24)(H2,19,21);1H. The molecule has 0 bridgehead atoms. The molecule has 144 valence electrons. The van der Waals surface area contributed by atoms with Crippen molar-refractivity contribution in [1.29, 1.82) is 0 Å². The fraction of sp³-hybridized carbons (Fsp3) is 0.588. The molecule has 0 atom stereocenters. The van der Waals surface area contributed by atoms with E-state index in [1.165, 1.54) is 0 Å². The van der Waals surface area contributed by atoms with Crippen molar-refractivity contribution in [2.24, 2.45) is 22.4 Å². The lowest BCUT2D eigenvalue weighted by molar-refractivity contribution is -0.122. The van der Waals surface area contributed by atoms with Gasteiger partial charge in [-0.1, -0.05) is 6.07 Å². The van der Waals surface area contributed by atoms with Gasteiger partial charge in [0.2, 0.25) is 5.91 Å². The van der Waals surface area contributed by atoms with E-state index in [9.17, 15) is 4.79 Å². The molecule has 26 heavy (non-hydrogen) atoms. The van der Waals surface area contributed by atoms with Gasteiger partial charge in [-0.25, -0.2) is 9.98 Å². The smallest absolute Gasteiger partial charge is 0.220 e. The van der Waals surface area contributed by atoms with Crippen LogP contribution in [-0.2, 0) is 11.3 Å². The summed E-state index contributed by atoms with van der Waals surface area (Å²) in [7, 11) is 0. The number of aromatic nitrogens is 1. The number of rotatable bonds is 4. The normalized spacial score (nSPS) is 19.2. The van der Waals surface area contributed by atoms with Gasteiger partial charge >= 0.3 is 0 Å². The number of halogens is 1. The second-order valence-corrected chi connectivity index (χ2v) is 7.65. The molecule has 4 N–H and O–H groups in total. The molecule has 2 saturated heterocycles. The van der Waals surface area contributed by atoms with E-state index < -0.39 is 0 Å². The Bertz CT molecular complexity index is 629. The minimum Gasteiger partial charge on any atom is -0.370 e. The summed E-state index contributed by atoms with van der Waals surface area (Å²) >= 11 is 1.95. The first-order valence-electron chi connectivity index (χ1n) is 8.76. The highest BCUT2D eigenvalue weighted by atomic mass is 127. The van der Waals surface area contributed by atoms with Crippen LogP contribution in [0.15, 0.2) is 23.3 Å². The summed E-state index contributed by atoms with van der Waals surface area (Å²) in [5, 5.41) is 0. The number of nitrogens with zero attached hydrogens (tertiary/aromatic N) is 4. The number of pyridine rings is 1. The minimum absolute atomic E-state index is 0. The molecule has 1 amide bonds. The van der Waals surface area contributed by atoms with E-state index in [1.54, 1.807) is 6.20 Å². The molecule has 1 aromatic heterocycles. The van der Waals surface area contributed by atoms with Crippen molar-refractivity contribution in [2.75, 3.05) is 42.6 Å². The van der Waals surface area contributed by atoms with Gasteiger partial charge in [0.1, 0.15) is 5.82 Å². The zero-order valence-corrected chi connectivity index (χ0v) is 18.0. The molecule has 0 radical (unpaired) electrons. The van der Waals surface area contributed by atoms with Crippen LogP contribution in [0.25, 0.3) is 0 Å². The molecule has 2 aliphatic heterocycles. The second kappa shape index (κ2) is 10.2. The predicted molar refractivity (Wildman–Crippen MR) is 118 cm³/mol. The summed E-state index contributed by atoms with van der Waals surface area (Å²) in [5.41, 5.74) is 12.6. The number of nitrogens with two attached hydrogens (primary N) is 2. The van der Waals surface area contributed by atoms with E-state index in [-0.39, 0.29) is 35.8 Å². The third kappa shape index (κ3) is 5.38. The van der Waals surface area contributed by atoms with Gasteiger partial charge in [-0.2, -0.15) is 11.8 Å². The molecular weight excluding hydrogens is 463 g/mol. The number of amides is 1. The average Bonchev–Trinajstić information content (AvgIpc) is 2.67. The number of hydrogen-bond acceptors (Lipinski definition) is 5. The van der Waals surface area contributed by atoms with Gasteiger partial charge in [-0.05, 0) is 18.9 Å². The van der Waals surface area contributed by atoms with Gasteiger partial charge in [0.05, 0.1) is 6.54 Å². The van der Waals surface area contributed by atoms with Crippen LogP contribution in [0.4, 0.5) is 5.82 Å². The maximum atomic E-state index is 11.3. The molecule has 7 nitrogen and oxygen atoms in total. The largest absolute Gasteiger partial charge is 0.370 e. The Balaban J connectivity index is 0.00000243. The monoisotopic (exact) mass is 490 g/mol. The number of thioether (sulfide) groups is 1. The molecule has 2 aliphatic rings. The van der Waals surface area contributed by atoms with Crippen molar-refractivity contribution < 1.29 is 4.79 Å². The van der Waals surface area contributed by atoms with Gasteiger partial charge < -0.3 is 21.3 Å². The van der Waals surface area contributed by atoms with Gasteiger partial charge in [0.15, 0.2) is 5.96 Å². The summed E-state index contributed by atoms with van der Waals surface area (Å²) in [6, 6.07) is 3.98. The average molecular weight is 490 g/mol. The molecule has 3 rings (SSSR count). The molecule has 1 aromatic rings. The van der Waals surface area contributed by atoms with Gasteiger partial charge in [-0.3, -0.25) is 4.79 Å². The van der Waals surface area contributed by atoms with Crippen LogP contribution < -0.4 is 16.4 Å². The van der Waals surface area contributed by atoms with Crippen LogP contribution in [0.3, 0.4) is 0 Å². The topological polar surface area (TPSA) is 101 Å². The summed E-state index contributed by atoms with van der Waals surface area (Å²) in [6.45, 7) is 4.02. The SMILES string of the molecule is I.NC(=O)C1CCN(c2ncccc2CN=C(N)N2CCSCC2)CC1. The van der Waals surface area contributed by atoms with Gasteiger partial charge in [0, 0.05) is 55.4 Å². The lowest BCUT2D eigenvalue weighted by atomic mass is 9.96. The van der Waals surface area contributed by atoms with Crippen molar-refractivity contribution in [3.8, 4) is 0 Å². The summed E-state index contributed by atoms with van der Waals surface area (Å²) in [4.78, 5) is 24.8. The number of carbonyl (C=O) groups excluding carboxylic acids is 1. The van der Waals surface area contributed by atoms with Crippen LogP contribution in [-0.4, -0.2) is 59.4 Å². The Morgan fingerprint density at radius 3 is 2.58 bits per heavy atom. The Hall–Kier alpha value is -1.23. The molecule has 0 spiro atoms. The van der Waals surface area contributed by atoms with Crippen molar-refractivity contribution in [3.05, 3.63) is 23.9 Å². The van der Waals surface area contributed by atoms with Crippen LogP contribution in [0.1, 0.15) is 18.4 Å². The summed E-state index contributed by atoms with van der Waals surface area (Å²) in [6.07, 6.45) is 3.36. The zero-order chi connectivity index (χ0) is 17.6. The van der Waals surface area contributed by atoms with Crippen molar-refractivity contribution >= 4 is 53.4 Å². The molecule has 0 aromatic carbocycles. The van der Waals surface area contributed by atoms with Crippen LogP contribution in [0.5, 0.6) is 0 Å². The van der Waals surface area contributed by atoms with E-state index in [2.05, 4.69) is 19.8 Å². The Morgan fingerprint density at radius 1 is 1.23 bits per heavy atom. The van der Waals surface area contributed by atoms with E-state index in [1.807, 2.05) is 23.9 Å². The quantitative estimate of drug-likeness (QED) is 0.375. The molecule has 2 fully saturated rings. The molecule has 0 unspecified atom stereocenters. The first-order chi connectivity index (χ1) is 12.1. The number of hydrogen-bond donors (Lipinski definition) is 2. The maximum absolute atomic E-state index is 11.3. The molecular formula is C17H27IN6OS. The number of guanidine groups is 1. The van der Waals surface area contributed by atoms with Gasteiger partial charge in [-0.15, -0.1) is 24.0 Å². The third-order valence-corrected chi connectivity index (χ3v) is 5.75. The Morgan fingerprint density at radius 2 is 1.92 bits per heavy atom. The number of primary amides is 1. The molecule has 0 aliphatic carbocycles. The summed E-state index contributed by atoms with van der Waals surface area (Å²) < 4.78 is 0. The molecule has 3 heterocycles. The van der Waals surface area contributed by atoms with Gasteiger partial charge in [0.25, 0.3) is 0 Å². The van der Waals surface area contributed by atoms with Crippen molar-refractivity contribution in [2.45, 2.75) is 19.4 Å². The predicted octanol–water partition coefficient (Wildman–Crippen LogP) is 1.26. The number of anilines is 1. The fourth-order valence-electron chi connectivity index (χ4n) is 3.27. The van der Waals surface area contributed by atoms with Crippen molar-refractivity contribution in [1.82, 2.24) is 9.88 Å². The van der Waals surface area contributed by atoms with Crippen LogP contribution in [0, 0.1) is 5.92 Å². The molecule has 0 saturated carbocycles. The Labute approximate surface area is 176 Å². The lowest BCUT2D eigenvalue weighted by Gasteiger charge is -2.32.